The molecule has 6 heteroatoms. The van der Waals surface area contributed by atoms with Crippen LogP contribution in [0.1, 0.15) is 5.56 Å². The zero-order chi connectivity index (χ0) is 14.0. The topological polar surface area (TPSA) is 43.1 Å². The van der Waals surface area contributed by atoms with Crippen LogP contribution in [0.5, 0.6) is 0 Å². The van der Waals surface area contributed by atoms with Gasteiger partial charge in [-0.3, -0.25) is 4.21 Å². The van der Waals surface area contributed by atoms with Crippen molar-refractivity contribution in [1.29, 1.82) is 0 Å². The number of nitrogen functional groups attached to an aromatic ring is 1. The molecular weight excluding hydrogens is 353 g/mol. The summed E-state index contributed by atoms with van der Waals surface area (Å²) in [5, 5.41) is 0.0247. The fraction of sp³-hybridized carbons (Fsp3) is 0.0769. The van der Waals surface area contributed by atoms with E-state index >= 15 is 0 Å². The Balaban J connectivity index is 2.31. The van der Waals surface area contributed by atoms with Crippen LogP contribution in [0, 0.1) is 5.82 Å². The van der Waals surface area contributed by atoms with Crippen LogP contribution in [0.3, 0.4) is 0 Å². The Labute approximate surface area is 126 Å². The van der Waals surface area contributed by atoms with E-state index in [0.29, 0.717) is 16.1 Å². The number of hydrogen-bond donors (Lipinski definition) is 1. The minimum absolute atomic E-state index is 0.0247. The van der Waals surface area contributed by atoms with E-state index in [1.807, 2.05) is 0 Å². The molecule has 0 spiro atoms. The molecule has 0 aromatic heterocycles. The largest absolute Gasteiger partial charge is 0.398 e. The fourth-order valence-corrected chi connectivity index (χ4v) is 3.54. The molecule has 2 N–H and O–H groups in total. The van der Waals surface area contributed by atoms with Gasteiger partial charge in [0.1, 0.15) is 5.82 Å². The molecule has 0 amide bonds. The molecule has 1 unspecified atom stereocenters. The Hall–Kier alpha value is -0.910. The summed E-state index contributed by atoms with van der Waals surface area (Å²) in [4.78, 5) is 0.480. The second-order valence-electron chi connectivity index (χ2n) is 3.88. The zero-order valence-electron chi connectivity index (χ0n) is 9.70. The Morgan fingerprint density at radius 1 is 1.32 bits per heavy atom. The van der Waals surface area contributed by atoms with E-state index in [1.54, 1.807) is 30.3 Å². The first kappa shape index (κ1) is 14.5. The summed E-state index contributed by atoms with van der Waals surface area (Å²) in [5.41, 5.74) is 6.51. The molecule has 1 atom stereocenters. The number of halogens is 3. The number of anilines is 1. The Bertz CT molecular complexity index is 651. The Morgan fingerprint density at radius 3 is 2.79 bits per heavy atom. The highest BCUT2D eigenvalue weighted by Gasteiger charge is 2.13. The van der Waals surface area contributed by atoms with Gasteiger partial charge in [-0.05, 0) is 24.3 Å². The van der Waals surface area contributed by atoms with E-state index in [4.69, 9.17) is 17.3 Å². The molecular formula is C13H10BrClFNOS. The summed E-state index contributed by atoms with van der Waals surface area (Å²) in [5.74, 6) is -0.501. The first-order valence-electron chi connectivity index (χ1n) is 5.35. The molecule has 0 fully saturated rings. The quantitative estimate of drug-likeness (QED) is 0.834. The summed E-state index contributed by atoms with van der Waals surface area (Å²) < 4.78 is 26.8. The lowest BCUT2D eigenvalue weighted by Crippen LogP contribution is -2.02. The molecule has 0 bridgehead atoms. The van der Waals surface area contributed by atoms with Gasteiger partial charge in [0.25, 0.3) is 0 Å². The standard InChI is InChI=1S/C13H10BrClFNOS/c14-9-4-5-11(17)12(6-9)19(18)7-8-2-1-3-10(15)13(8)16/h1-6H,7,17H2. The summed E-state index contributed by atoms with van der Waals surface area (Å²) in [6.07, 6.45) is 0. The predicted molar refractivity (Wildman–Crippen MR) is 80.1 cm³/mol. The number of hydrogen-bond acceptors (Lipinski definition) is 2. The maximum atomic E-state index is 13.8. The lowest BCUT2D eigenvalue weighted by molar-refractivity contribution is 0.615. The van der Waals surface area contributed by atoms with Gasteiger partial charge < -0.3 is 5.73 Å². The van der Waals surface area contributed by atoms with Crippen molar-refractivity contribution in [2.45, 2.75) is 10.6 Å². The van der Waals surface area contributed by atoms with Gasteiger partial charge in [-0.25, -0.2) is 4.39 Å². The van der Waals surface area contributed by atoms with Crippen LogP contribution < -0.4 is 5.73 Å². The average molecular weight is 363 g/mol. The van der Waals surface area contributed by atoms with Crippen molar-refractivity contribution in [2.75, 3.05) is 5.73 Å². The monoisotopic (exact) mass is 361 g/mol. The van der Waals surface area contributed by atoms with Crippen LogP contribution in [0.2, 0.25) is 5.02 Å². The van der Waals surface area contributed by atoms with Gasteiger partial charge in [0, 0.05) is 15.7 Å². The van der Waals surface area contributed by atoms with Gasteiger partial charge in [0.2, 0.25) is 0 Å². The first-order valence-corrected chi connectivity index (χ1v) is 7.84. The molecule has 0 aliphatic rings. The highest BCUT2D eigenvalue weighted by atomic mass is 79.9. The Morgan fingerprint density at radius 2 is 2.05 bits per heavy atom. The van der Waals surface area contributed by atoms with Crippen molar-refractivity contribution in [3.63, 3.8) is 0 Å². The number of benzene rings is 2. The molecule has 19 heavy (non-hydrogen) atoms. The van der Waals surface area contributed by atoms with Gasteiger partial charge in [-0.15, -0.1) is 0 Å². The summed E-state index contributed by atoms with van der Waals surface area (Å²) in [6, 6.07) is 9.74. The summed E-state index contributed by atoms with van der Waals surface area (Å²) in [6.45, 7) is 0. The van der Waals surface area contributed by atoms with Crippen molar-refractivity contribution in [2.24, 2.45) is 0 Å². The van der Waals surface area contributed by atoms with Gasteiger partial charge in [-0.1, -0.05) is 39.7 Å². The highest BCUT2D eigenvalue weighted by Crippen LogP contribution is 2.25. The third kappa shape index (κ3) is 3.35. The van der Waals surface area contributed by atoms with Crippen molar-refractivity contribution < 1.29 is 8.60 Å². The maximum Gasteiger partial charge on any atom is 0.145 e. The van der Waals surface area contributed by atoms with E-state index in [1.165, 1.54) is 6.07 Å². The third-order valence-electron chi connectivity index (χ3n) is 2.54. The van der Waals surface area contributed by atoms with Crippen molar-refractivity contribution in [1.82, 2.24) is 0 Å². The molecule has 0 aliphatic heterocycles. The summed E-state index contributed by atoms with van der Waals surface area (Å²) >= 11 is 8.98. The number of nitrogens with two attached hydrogens (primary N) is 1. The van der Waals surface area contributed by atoms with Crippen LogP contribution in [0.4, 0.5) is 10.1 Å². The fourth-order valence-electron chi connectivity index (χ4n) is 1.58. The van der Waals surface area contributed by atoms with Crippen LogP contribution >= 0.6 is 27.5 Å². The average Bonchev–Trinajstić information content (AvgIpc) is 2.38. The van der Waals surface area contributed by atoms with Crippen LogP contribution in [-0.2, 0) is 16.6 Å². The molecule has 0 saturated heterocycles. The third-order valence-corrected chi connectivity index (χ3v) is 4.74. The predicted octanol–water partition coefficient (Wildman–Crippen LogP) is 4.13. The molecule has 2 nitrogen and oxygen atoms in total. The maximum absolute atomic E-state index is 13.8. The van der Waals surface area contributed by atoms with Gasteiger partial charge >= 0.3 is 0 Å². The molecule has 0 aliphatic carbocycles. The second kappa shape index (κ2) is 6.03. The smallest absolute Gasteiger partial charge is 0.145 e. The highest BCUT2D eigenvalue weighted by molar-refractivity contribution is 9.10. The minimum atomic E-state index is -1.43. The van der Waals surface area contributed by atoms with E-state index in [2.05, 4.69) is 15.9 Å². The molecule has 2 aromatic carbocycles. The molecule has 2 aromatic rings. The van der Waals surface area contributed by atoms with Crippen LogP contribution in [-0.4, -0.2) is 4.21 Å². The van der Waals surface area contributed by atoms with Gasteiger partial charge in [-0.2, -0.15) is 0 Å². The second-order valence-corrected chi connectivity index (χ2v) is 6.63. The lowest BCUT2D eigenvalue weighted by atomic mass is 10.2. The van der Waals surface area contributed by atoms with Crippen molar-refractivity contribution in [3.8, 4) is 0 Å². The molecule has 100 valence electrons. The Kier molecular flexibility index (Phi) is 4.60. The normalized spacial score (nSPS) is 12.4. The summed E-state index contributed by atoms with van der Waals surface area (Å²) in [7, 11) is -1.43. The first-order chi connectivity index (χ1) is 8.99. The van der Waals surface area contributed by atoms with E-state index in [-0.39, 0.29) is 10.8 Å². The van der Waals surface area contributed by atoms with E-state index in [9.17, 15) is 8.60 Å². The van der Waals surface area contributed by atoms with Crippen molar-refractivity contribution >= 4 is 44.0 Å². The molecule has 0 radical (unpaired) electrons. The molecule has 2 rings (SSSR count). The molecule has 0 heterocycles. The van der Waals surface area contributed by atoms with Crippen LogP contribution in [0.25, 0.3) is 0 Å². The van der Waals surface area contributed by atoms with Crippen molar-refractivity contribution in [3.05, 3.63) is 57.3 Å². The van der Waals surface area contributed by atoms with E-state index in [0.717, 1.165) is 4.47 Å². The molecule has 0 saturated carbocycles. The number of rotatable bonds is 3. The van der Waals surface area contributed by atoms with E-state index < -0.39 is 16.6 Å². The lowest BCUT2D eigenvalue weighted by Gasteiger charge is -2.08. The van der Waals surface area contributed by atoms with Gasteiger partial charge in [0.05, 0.1) is 26.5 Å². The zero-order valence-corrected chi connectivity index (χ0v) is 12.9. The SMILES string of the molecule is Nc1ccc(Br)cc1S(=O)Cc1cccc(Cl)c1F. The van der Waals surface area contributed by atoms with Gasteiger partial charge in [0.15, 0.2) is 0 Å². The minimum Gasteiger partial charge on any atom is -0.398 e. The van der Waals surface area contributed by atoms with Crippen LogP contribution in [0.15, 0.2) is 45.8 Å².